The number of imidazole rings is 1. The third-order valence-corrected chi connectivity index (χ3v) is 5.90. The Balaban J connectivity index is 1.74. The zero-order valence-corrected chi connectivity index (χ0v) is 20.7. The van der Waals surface area contributed by atoms with E-state index in [0.29, 0.717) is 11.3 Å². The first-order valence-electron chi connectivity index (χ1n) is 11.9. The van der Waals surface area contributed by atoms with Gasteiger partial charge in [-0.2, -0.15) is 0 Å². The van der Waals surface area contributed by atoms with E-state index in [2.05, 4.69) is 30.9 Å². The van der Waals surface area contributed by atoms with Crippen molar-refractivity contribution in [2.45, 2.75) is 43.4 Å². The number of nitrogens with two attached hydrogens (primary N) is 2. The number of aliphatic hydroxyl groups excluding tert-OH is 1. The lowest BCUT2D eigenvalue weighted by Gasteiger charge is -2.24. The zero-order chi connectivity index (χ0) is 28.5. The van der Waals surface area contributed by atoms with Crippen molar-refractivity contribution in [3.05, 3.63) is 54.2 Å². The van der Waals surface area contributed by atoms with Gasteiger partial charge >= 0.3 is 5.97 Å². The van der Waals surface area contributed by atoms with E-state index in [-0.39, 0.29) is 12.8 Å². The maximum atomic E-state index is 13.2. The Kier molecular flexibility index (Phi) is 9.72. The van der Waals surface area contributed by atoms with Gasteiger partial charge in [0.15, 0.2) is 0 Å². The molecule has 0 radical (unpaired) electrons. The number of nitrogens with one attached hydrogen (secondary N) is 5. The Bertz CT molecular complexity index is 1320. The Hall–Kier alpha value is -4.76. The second-order valence-electron chi connectivity index (χ2n) is 8.83. The number of aliphatic carboxylic acids is 1. The number of benzene rings is 1. The molecule has 4 atom stereocenters. The standard InChI is InChI=1S/C24H30N8O7/c25-15(7-20(26)34)21(35)32-19(10-33)23(37)30-17(6-13-9-27-11-29-13)22(36)31-18(24(38)39)5-12-8-28-16-4-2-1-3-14(12)16/h1-4,8-9,11,15,17-19,28,33H,5-7,10,25H2,(H2,26,34)(H,27,29)(H,30,37)(H,31,36)(H,32,35)(H,38,39). The molecule has 0 aliphatic heterocycles. The van der Waals surface area contributed by atoms with Crippen molar-refractivity contribution < 1.29 is 34.2 Å². The summed E-state index contributed by atoms with van der Waals surface area (Å²) in [5.74, 6) is -4.80. The van der Waals surface area contributed by atoms with Crippen molar-refractivity contribution >= 4 is 40.5 Å². The average molecular weight is 543 g/mol. The molecule has 39 heavy (non-hydrogen) atoms. The predicted molar refractivity (Wildman–Crippen MR) is 137 cm³/mol. The van der Waals surface area contributed by atoms with E-state index in [4.69, 9.17) is 11.5 Å². The Morgan fingerprint density at radius 1 is 0.923 bits per heavy atom. The molecule has 0 spiro atoms. The van der Waals surface area contributed by atoms with Crippen LogP contribution in [0.3, 0.4) is 0 Å². The van der Waals surface area contributed by atoms with Gasteiger partial charge in [-0.3, -0.25) is 19.2 Å². The van der Waals surface area contributed by atoms with Crippen LogP contribution in [0.15, 0.2) is 43.0 Å². The van der Waals surface area contributed by atoms with Gasteiger partial charge in [-0.15, -0.1) is 0 Å². The number of carbonyl (C=O) groups is 5. The molecule has 4 amide bonds. The number of rotatable bonds is 14. The van der Waals surface area contributed by atoms with Gasteiger partial charge in [0.05, 0.1) is 25.4 Å². The summed E-state index contributed by atoms with van der Waals surface area (Å²) in [5, 5.41) is 27.3. The molecule has 3 rings (SSSR count). The largest absolute Gasteiger partial charge is 0.480 e. The van der Waals surface area contributed by atoms with E-state index in [1.807, 2.05) is 18.2 Å². The van der Waals surface area contributed by atoms with Crippen LogP contribution in [-0.4, -0.2) is 85.5 Å². The molecule has 208 valence electrons. The first-order chi connectivity index (χ1) is 18.6. The number of fused-ring (bicyclic) bond motifs is 1. The highest BCUT2D eigenvalue weighted by atomic mass is 16.4. The molecule has 2 aromatic heterocycles. The summed E-state index contributed by atoms with van der Waals surface area (Å²) in [4.78, 5) is 71.0. The van der Waals surface area contributed by atoms with Crippen LogP contribution < -0.4 is 27.4 Å². The van der Waals surface area contributed by atoms with E-state index in [1.54, 1.807) is 12.3 Å². The smallest absolute Gasteiger partial charge is 0.326 e. The molecule has 15 heteroatoms. The van der Waals surface area contributed by atoms with Crippen LogP contribution >= 0.6 is 0 Å². The third kappa shape index (κ3) is 7.86. The molecule has 0 bridgehead atoms. The number of aromatic nitrogens is 3. The summed E-state index contributed by atoms with van der Waals surface area (Å²) in [6, 6.07) is 1.77. The number of H-pyrrole nitrogens is 2. The molecule has 0 saturated heterocycles. The average Bonchev–Trinajstić information content (AvgIpc) is 3.55. The zero-order valence-electron chi connectivity index (χ0n) is 20.7. The molecule has 0 aliphatic carbocycles. The molecule has 15 nitrogen and oxygen atoms in total. The van der Waals surface area contributed by atoms with Crippen molar-refractivity contribution in [3.63, 3.8) is 0 Å². The van der Waals surface area contributed by atoms with Crippen molar-refractivity contribution in [1.29, 1.82) is 0 Å². The number of aromatic amines is 2. The Labute approximate surface area is 221 Å². The summed E-state index contributed by atoms with van der Waals surface area (Å²) in [7, 11) is 0. The molecular formula is C24H30N8O7. The van der Waals surface area contributed by atoms with Gasteiger partial charge in [-0.25, -0.2) is 9.78 Å². The van der Waals surface area contributed by atoms with Gasteiger partial charge in [-0.05, 0) is 11.6 Å². The lowest BCUT2D eigenvalue weighted by atomic mass is 10.0. The molecule has 3 aromatic rings. The topological polar surface area (TPSA) is 258 Å². The fourth-order valence-electron chi connectivity index (χ4n) is 3.87. The van der Waals surface area contributed by atoms with Gasteiger partial charge < -0.3 is 47.6 Å². The molecule has 4 unspecified atom stereocenters. The van der Waals surface area contributed by atoms with Gasteiger partial charge in [0.1, 0.15) is 18.1 Å². The number of carboxylic acid groups (broad SMARTS) is 1. The highest BCUT2D eigenvalue weighted by molar-refractivity contribution is 5.95. The summed E-state index contributed by atoms with van der Waals surface area (Å²) in [5.41, 5.74) is 12.5. The first-order valence-corrected chi connectivity index (χ1v) is 11.9. The Morgan fingerprint density at radius 2 is 1.59 bits per heavy atom. The molecule has 11 N–H and O–H groups in total. The van der Waals surface area contributed by atoms with Crippen LogP contribution in [-0.2, 0) is 36.8 Å². The van der Waals surface area contributed by atoms with Gasteiger partial charge in [0, 0.05) is 41.8 Å². The fraction of sp³-hybridized carbons (Fsp3) is 0.333. The van der Waals surface area contributed by atoms with Crippen LogP contribution in [0.25, 0.3) is 10.9 Å². The molecule has 0 aliphatic rings. The molecule has 1 aromatic carbocycles. The number of nitrogens with zero attached hydrogens (tertiary/aromatic N) is 1. The number of carbonyl (C=O) groups excluding carboxylic acids is 4. The van der Waals surface area contributed by atoms with Crippen molar-refractivity contribution in [1.82, 2.24) is 30.9 Å². The highest BCUT2D eigenvalue weighted by Crippen LogP contribution is 2.19. The maximum Gasteiger partial charge on any atom is 0.326 e. The normalized spacial score (nSPS) is 14.1. The summed E-state index contributed by atoms with van der Waals surface area (Å²) >= 11 is 0. The summed E-state index contributed by atoms with van der Waals surface area (Å²) < 4.78 is 0. The number of hydrogen-bond acceptors (Lipinski definition) is 8. The molecule has 2 heterocycles. The van der Waals surface area contributed by atoms with Crippen molar-refractivity contribution in [3.8, 4) is 0 Å². The van der Waals surface area contributed by atoms with E-state index in [9.17, 15) is 34.2 Å². The fourth-order valence-corrected chi connectivity index (χ4v) is 3.87. The van der Waals surface area contributed by atoms with Gasteiger partial charge in [-0.1, -0.05) is 18.2 Å². The number of aliphatic hydroxyl groups is 1. The monoisotopic (exact) mass is 542 g/mol. The van der Waals surface area contributed by atoms with Crippen LogP contribution in [0.4, 0.5) is 0 Å². The minimum Gasteiger partial charge on any atom is -0.480 e. The second kappa shape index (κ2) is 13.2. The minimum atomic E-state index is -1.52. The SMILES string of the molecule is NC(=O)CC(N)C(=O)NC(CO)C(=O)NC(Cc1cnc[nH]1)C(=O)NC(Cc1c[nH]c2ccccc12)C(=O)O. The molecular weight excluding hydrogens is 512 g/mol. The van der Waals surface area contributed by atoms with E-state index in [0.717, 1.165) is 10.9 Å². The van der Waals surface area contributed by atoms with Crippen molar-refractivity contribution in [2.75, 3.05) is 6.61 Å². The summed E-state index contributed by atoms with van der Waals surface area (Å²) in [6.07, 6.45) is 3.81. The van der Waals surface area contributed by atoms with E-state index in [1.165, 1.54) is 12.5 Å². The first kappa shape index (κ1) is 28.8. The third-order valence-electron chi connectivity index (χ3n) is 5.90. The van der Waals surface area contributed by atoms with E-state index < -0.39 is 66.8 Å². The number of hydrogen-bond donors (Lipinski definition) is 9. The number of carboxylic acids is 1. The number of primary amides is 1. The van der Waals surface area contributed by atoms with Gasteiger partial charge in [0.25, 0.3) is 0 Å². The number of para-hydroxylation sites is 1. The second-order valence-corrected chi connectivity index (χ2v) is 8.83. The quantitative estimate of drug-likeness (QED) is 0.103. The lowest BCUT2D eigenvalue weighted by molar-refractivity contribution is -0.142. The predicted octanol–water partition coefficient (Wildman–Crippen LogP) is -2.59. The minimum absolute atomic E-state index is 0.0388. The number of amides is 4. The maximum absolute atomic E-state index is 13.2. The van der Waals surface area contributed by atoms with Crippen LogP contribution in [0.1, 0.15) is 17.7 Å². The molecule has 0 saturated carbocycles. The van der Waals surface area contributed by atoms with E-state index >= 15 is 0 Å². The highest BCUT2D eigenvalue weighted by Gasteiger charge is 2.31. The van der Waals surface area contributed by atoms with Gasteiger partial charge in [0.2, 0.25) is 23.6 Å². The summed E-state index contributed by atoms with van der Waals surface area (Å²) in [6.45, 7) is -0.850. The molecule has 0 fully saturated rings. The van der Waals surface area contributed by atoms with Crippen LogP contribution in [0.5, 0.6) is 0 Å². The van der Waals surface area contributed by atoms with Crippen LogP contribution in [0.2, 0.25) is 0 Å². The van der Waals surface area contributed by atoms with Crippen molar-refractivity contribution in [2.24, 2.45) is 11.5 Å². The Morgan fingerprint density at radius 3 is 2.23 bits per heavy atom. The van der Waals surface area contributed by atoms with Crippen LogP contribution in [0, 0.1) is 0 Å². The lowest BCUT2D eigenvalue weighted by Crippen LogP contribution is -2.58.